The molecule has 0 heterocycles. The number of hydrazone groups is 1. The number of aromatic hydroxyl groups is 1. The number of carbonyl (C=O) groups excluding carboxylic acids is 1. The summed E-state index contributed by atoms with van der Waals surface area (Å²) in [6.07, 6.45) is 1.11. The fourth-order valence-corrected chi connectivity index (χ4v) is 2.62. The first kappa shape index (κ1) is 19.4. The standard InChI is InChI=1S/C17H16BrN3O5/c1-10-3-4-15(11(2)5-10)26-9-16(22)20-19-8-12-6-13(18)7-14(17(12)23)21(24)25/h3-8,23H,9H2,1-2H3,(H,20,22)/b19-8-. The van der Waals surface area contributed by atoms with Crippen LogP contribution in [0.2, 0.25) is 0 Å². The highest BCUT2D eigenvalue weighted by atomic mass is 79.9. The number of phenols is 1. The Hall–Kier alpha value is -2.94. The van der Waals surface area contributed by atoms with Crippen LogP contribution in [-0.2, 0) is 4.79 Å². The molecule has 0 bridgehead atoms. The molecule has 1 amide bonds. The van der Waals surface area contributed by atoms with Gasteiger partial charge < -0.3 is 9.84 Å². The molecular weight excluding hydrogens is 406 g/mol. The number of phenolic OH excluding ortho intramolecular Hbond substituents is 1. The van der Waals surface area contributed by atoms with Gasteiger partial charge in [-0.1, -0.05) is 33.6 Å². The predicted octanol–water partition coefficient (Wildman–Crippen LogP) is 3.21. The van der Waals surface area contributed by atoms with Gasteiger partial charge >= 0.3 is 5.69 Å². The highest BCUT2D eigenvalue weighted by Gasteiger charge is 2.17. The monoisotopic (exact) mass is 421 g/mol. The van der Waals surface area contributed by atoms with E-state index in [1.54, 1.807) is 6.07 Å². The summed E-state index contributed by atoms with van der Waals surface area (Å²) in [7, 11) is 0. The van der Waals surface area contributed by atoms with Crippen LogP contribution >= 0.6 is 15.9 Å². The number of aryl methyl sites for hydroxylation is 2. The van der Waals surface area contributed by atoms with Crippen molar-refractivity contribution in [2.45, 2.75) is 13.8 Å². The van der Waals surface area contributed by atoms with E-state index in [4.69, 9.17) is 4.74 Å². The van der Waals surface area contributed by atoms with Gasteiger partial charge in [-0.05, 0) is 31.5 Å². The van der Waals surface area contributed by atoms with Gasteiger partial charge in [0.1, 0.15) is 5.75 Å². The Kier molecular flexibility index (Phi) is 6.29. The van der Waals surface area contributed by atoms with Crippen molar-refractivity contribution >= 4 is 33.7 Å². The Bertz CT molecular complexity index is 883. The van der Waals surface area contributed by atoms with Crippen LogP contribution < -0.4 is 10.2 Å². The lowest BCUT2D eigenvalue weighted by Crippen LogP contribution is -2.24. The van der Waals surface area contributed by atoms with E-state index in [1.165, 1.54) is 12.1 Å². The summed E-state index contributed by atoms with van der Waals surface area (Å²) in [6.45, 7) is 3.59. The minimum Gasteiger partial charge on any atom is -0.502 e. The van der Waals surface area contributed by atoms with E-state index < -0.39 is 22.3 Å². The number of nitrogens with zero attached hydrogens (tertiary/aromatic N) is 2. The number of benzene rings is 2. The smallest absolute Gasteiger partial charge is 0.312 e. The molecule has 9 heteroatoms. The quantitative estimate of drug-likeness (QED) is 0.422. The molecule has 8 nitrogen and oxygen atoms in total. The fraction of sp³-hybridized carbons (Fsp3) is 0.176. The Morgan fingerprint density at radius 2 is 2.12 bits per heavy atom. The van der Waals surface area contributed by atoms with Gasteiger partial charge in [-0.2, -0.15) is 5.10 Å². The van der Waals surface area contributed by atoms with Crippen molar-refractivity contribution in [1.29, 1.82) is 0 Å². The zero-order valence-electron chi connectivity index (χ0n) is 14.0. The van der Waals surface area contributed by atoms with E-state index in [1.807, 2.05) is 26.0 Å². The van der Waals surface area contributed by atoms with Gasteiger partial charge in [0, 0.05) is 16.1 Å². The maximum atomic E-state index is 11.8. The van der Waals surface area contributed by atoms with Gasteiger partial charge in [0.25, 0.3) is 5.91 Å². The minimum atomic E-state index is -0.715. The third kappa shape index (κ3) is 5.03. The third-order valence-electron chi connectivity index (χ3n) is 3.36. The van der Waals surface area contributed by atoms with Gasteiger partial charge in [0.15, 0.2) is 6.61 Å². The predicted molar refractivity (Wildman–Crippen MR) is 99.6 cm³/mol. The molecule has 2 N–H and O–H groups in total. The molecule has 0 spiro atoms. The third-order valence-corrected chi connectivity index (χ3v) is 3.82. The van der Waals surface area contributed by atoms with Crippen molar-refractivity contribution in [2.24, 2.45) is 5.10 Å². The van der Waals surface area contributed by atoms with Gasteiger partial charge in [-0.15, -0.1) is 0 Å². The number of hydrogen-bond donors (Lipinski definition) is 2. The SMILES string of the molecule is Cc1ccc(OCC(=O)N/N=C\c2cc(Br)cc([N+](=O)[O-])c2O)c(C)c1. The van der Waals surface area contributed by atoms with Crippen molar-refractivity contribution in [1.82, 2.24) is 5.43 Å². The number of amides is 1. The molecular formula is C17H16BrN3O5. The van der Waals surface area contributed by atoms with Crippen LogP contribution in [0.5, 0.6) is 11.5 Å². The van der Waals surface area contributed by atoms with Crippen LogP contribution in [0.4, 0.5) is 5.69 Å². The van der Waals surface area contributed by atoms with Crippen LogP contribution in [-0.4, -0.2) is 28.8 Å². The molecule has 0 radical (unpaired) electrons. The lowest BCUT2D eigenvalue weighted by molar-refractivity contribution is -0.385. The van der Waals surface area contributed by atoms with Crippen molar-refractivity contribution in [2.75, 3.05) is 6.61 Å². The molecule has 0 aromatic heterocycles. The summed E-state index contributed by atoms with van der Waals surface area (Å²) >= 11 is 3.11. The lowest BCUT2D eigenvalue weighted by atomic mass is 10.1. The Morgan fingerprint density at radius 3 is 2.77 bits per heavy atom. The first-order chi connectivity index (χ1) is 12.3. The Morgan fingerprint density at radius 1 is 1.38 bits per heavy atom. The average molecular weight is 422 g/mol. The minimum absolute atomic E-state index is 0.0849. The zero-order valence-corrected chi connectivity index (χ0v) is 15.6. The molecule has 0 aliphatic carbocycles. The molecule has 0 unspecified atom stereocenters. The second-order valence-electron chi connectivity index (χ2n) is 5.47. The number of nitro groups is 1. The summed E-state index contributed by atoms with van der Waals surface area (Å²) < 4.78 is 5.81. The summed E-state index contributed by atoms with van der Waals surface area (Å²) in [5.41, 5.74) is 3.85. The molecule has 0 fully saturated rings. The summed E-state index contributed by atoms with van der Waals surface area (Å²) in [4.78, 5) is 21.9. The number of hydrogen-bond acceptors (Lipinski definition) is 6. The molecule has 0 aliphatic rings. The van der Waals surface area contributed by atoms with Crippen molar-refractivity contribution in [3.05, 3.63) is 61.6 Å². The number of rotatable bonds is 6. The Balaban J connectivity index is 1.98. The first-order valence-corrected chi connectivity index (χ1v) is 8.26. The second-order valence-corrected chi connectivity index (χ2v) is 6.39. The molecule has 2 rings (SSSR count). The molecule has 2 aromatic carbocycles. The zero-order chi connectivity index (χ0) is 19.3. The van der Waals surface area contributed by atoms with Crippen LogP contribution in [0.15, 0.2) is 39.9 Å². The molecule has 26 heavy (non-hydrogen) atoms. The van der Waals surface area contributed by atoms with Gasteiger partial charge in [0.05, 0.1) is 11.1 Å². The highest BCUT2D eigenvalue weighted by Crippen LogP contribution is 2.32. The van der Waals surface area contributed by atoms with Crippen LogP contribution in [0.1, 0.15) is 16.7 Å². The molecule has 0 atom stereocenters. The van der Waals surface area contributed by atoms with Gasteiger partial charge in [-0.25, -0.2) is 5.43 Å². The van der Waals surface area contributed by atoms with Crippen LogP contribution in [0, 0.1) is 24.0 Å². The molecule has 0 saturated carbocycles. The maximum absolute atomic E-state index is 11.8. The van der Waals surface area contributed by atoms with Gasteiger partial charge in [0.2, 0.25) is 5.75 Å². The van der Waals surface area contributed by atoms with E-state index in [2.05, 4.69) is 26.5 Å². The number of carbonyl (C=O) groups is 1. The van der Waals surface area contributed by atoms with Crippen LogP contribution in [0.3, 0.4) is 0 Å². The Labute approximate surface area is 157 Å². The van der Waals surface area contributed by atoms with E-state index in [9.17, 15) is 20.0 Å². The summed E-state index contributed by atoms with van der Waals surface area (Å²) in [6, 6.07) is 8.20. The lowest BCUT2D eigenvalue weighted by Gasteiger charge is -2.08. The fourth-order valence-electron chi connectivity index (χ4n) is 2.15. The highest BCUT2D eigenvalue weighted by molar-refractivity contribution is 9.10. The number of nitrogens with one attached hydrogen (secondary N) is 1. The topological polar surface area (TPSA) is 114 Å². The molecule has 136 valence electrons. The number of nitro benzene ring substituents is 1. The molecule has 2 aromatic rings. The molecule has 0 saturated heterocycles. The van der Waals surface area contributed by atoms with E-state index in [0.717, 1.165) is 17.3 Å². The first-order valence-electron chi connectivity index (χ1n) is 7.47. The largest absolute Gasteiger partial charge is 0.502 e. The van der Waals surface area contributed by atoms with E-state index >= 15 is 0 Å². The van der Waals surface area contributed by atoms with Gasteiger partial charge in [-0.3, -0.25) is 14.9 Å². The second kappa shape index (κ2) is 8.43. The maximum Gasteiger partial charge on any atom is 0.312 e. The van der Waals surface area contributed by atoms with E-state index in [0.29, 0.717) is 10.2 Å². The van der Waals surface area contributed by atoms with Crippen LogP contribution in [0.25, 0.3) is 0 Å². The van der Waals surface area contributed by atoms with E-state index in [-0.39, 0.29) is 12.2 Å². The number of halogens is 1. The summed E-state index contributed by atoms with van der Waals surface area (Å²) in [5, 5.41) is 24.4. The number of ether oxygens (including phenoxy) is 1. The molecule has 0 aliphatic heterocycles. The summed E-state index contributed by atoms with van der Waals surface area (Å²) in [5.74, 6) is -0.456. The average Bonchev–Trinajstić information content (AvgIpc) is 2.56. The van der Waals surface area contributed by atoms with Crippen molar-refractivity contribution < 1.29 is 19.6 Å². The van der Waals surface area contributed by atoms with Crippen molar-refractivity contribution in [3.8, 4) is 11.5 Å². The normalized spacial score (nSPS) is 10.7. The van der Waals surface area contributed by atoms with Crippen molar-refractivity contribution in [3.63, 3.8) is 0 Å².